The Balaban J connectivity index is 3.63. The molecular formula is C6H10O6. The van der Waals surface area contributed by atoms with Gasteiger partial charge in [0.25, 0.3) is 0 Å². The second-order valence-corrected chi connectivity index (χ2v) is 2.31. The molecule has 0 amide bonds. The van der Waals surface area contributed by atoms with Crippen molar-refractivity contribution in [2.24, 2.45) is 5.92 Å². The Morgan fingerprint density at radius 3 is 2.33 bits per heavy atom. The van der Waals surface area contributed by atoms with Crippen molar-refractivity contribution < 1.29 is 29.9 Å². The van der Waals surface area contributed by atoms with Crippen molar-refractivity contribution in [2.45, 2.75) is 19.8 Å². The molecule has 0 bridgehead atoms. The summed E-state index contributed by atoms with van der Waals surface area (Å²) in [6, 6.07) is 0. The van der Waals surface area contributed by atoms with Crippen LogP contribution in [0, 0.1) is 5.92 Å². The van der Waals surface area contributed by atoms with Gasteiger partial charge in [-0.05, 0) is 6.42 Å². The third-order valence-corrected chi connectivity index (χ3v) is 1.38. The Morgan fingerprint density at radius 1 is 1.33 bits per heavy atom. The maximum Gasteiger partial charge on any atom is 0.344 e. The number of carbonyl (C=O) groups is 2. The predicted molar refractivity (Wildman–Crippen MR) is 35.8 cm³/mol. The Kier molecular flexibility index (Phi) is 4.98. The van der Waals surface area contributed by atoms with Crippen LogP contribution >= 0.6 is 0 Å². The minimum Gasteiger partial charge on any atom is -0.301 e. The molecule has 0 aliphatic rings. The van der Waals surface area contributed by atoms with E-state index in [1.807, 2.05) is 0 Å². The summed E-state index contributed by atoms with van der Waals surface area (Å²) < 4.78 is 0. The van der Waals surface area contributed by atoms with Crippen LogP contribution < -0.4 is 0 Å². The Hall–Kier alpha value is -1.14. The molecular weight excluding hydrogens is 168 g/mol. The van der Waals surface area contributed by atoms with Crippen LogP contribution in [0.15, 0.2) is 0 Å². The van der Waals surface area contributed by atoms with Gasteiger partial charge in [0.1, 0.15) is 0 Å². The maximum absolute atomic E-state index is 10.5. The van der Waals surface area contributed by atoms with Gasteiger partial charge in [0, 0.05) is 6.42 Å². The third kappa shape index (κ3) is 3.89. The van der Waals surface area contributed by atoms with Crippen LogP contribution in [0.5, 0.6) is 0 Å². The summed E-state index contributed by atoms with van der Waals surface area (Å²) in [5.74, 6) is -2.25. The van der Waals surface area contributed by atoms with Crippen LogP contribution in [0.1, 0.15) is 19.8 Å². The summed E-state index contributed by atoms with van der Waals surface area (Å²) in [6.07, 6.45) is 0.0472. The normalized spacial score (nSPS) is 11.9. The fraction of sp³-hybridized carbons (Fsp3) is 0.667. The van der Waals surface area contributed by atoms with E-state index >= 15 is 0 Å². The van der Waals surface area contributed by atoms with Crippen LogP contribution in [0.2, 0.25) is 0 Å². The quantitative estimate of drug-likeness (QED) is 0.479. The lowest BCUT2D eigenvalue weighted by molar-refractivity contribution is -0.240. The summed E-state index contributed by atoms with van der Waals surface area (Å²) in [7, 11) is 0. The molecule has 2 N–H and O–H groups in total. The highest BCUT2D eigenvalue weighted by molar-refractivity contribution is 5.73. The minimum absolute atomic E-state index is 0.104. The van der Waals surface area contributed by atoms with Gasteiger partial charge in [0.2, 0.25) is 0 Å². The molecule has 0 aromatic rings. The molecule has 0 heterocycles. The van der Waals surface area contributed by atoms with E-state index < -0.39 is 17.9 Å². The first kappa shape index (κ1) is 10.9. The van der Waals surface area contributed by atoms with Crippen LogP contribution in [-0.2, 0) is 19.4 Å². The molecule has 6 heteroatoms. The standard InChI is InChI=1S/C6H10O6/c1-4(6(8)12-10)2-3-5(7)11-9/h4,9-10H,2-3H2,1H3. The van der Waals surface area contributed by atoms with Gasteiger partial charge in [-0.25, -0.2) is 9.59 Å². The van der Waals surface area contributed by atoms with Gasteiger partial charge in [-0.1, -0.05) is 6.92 Å². The van der Waals surface area contributed by atoms with Gasteiger partial charge < -0.3 is 9.78 Å². The fourth-order valence-electron chi connectivity index (χ4n) is 0.588. The Bertz CT molecular complexity index is 165. The highest BCUT2D eigenvalue weighted by Crippen LogP contribution is 2.07. The second-order valence-electron chi connectivity index (χ2n) is 2.31. The molecule has 0 aliphatic carbocycles. The molecule has 1 unspecified atom stereocenters. The number of hydrogen-bond donors (Lipinski definition) is 2. The van der Waals surface area contributed by atoms with Crippen molar-refractivity contribution in [3.05, 3.63) is 0 Å². The predicted octanol–water partition coefficient (Wildman–Crippen LogP) is 0.435. The zero-order valence-corrected chi connectivity index (χ0v) is 6.52. The summed E-state index contributed by atoms with van der Waals surface area (Å²) in [5.41, 5.74) is 0. The first-order chi connectivity index (χ1) is 5.61. The lowest BCUT2D eigenvalue weighted by Crippen LogP contribution is -2.14. The average molecular weight is 178 g/mol. The Labute approximate surface area is 68.6 Å². The smallest absolute Gasteiger partial charge is 0.301 e. The second kappa shape index (κ2) is 5.50. The van der Waals surface area contributed by atoms with E-state index in [1.54, 1.807) is 0 Å². The molecule has 0 saturated carbocycles. The molecule has 1 atom stereocenters. The van der Waals surface area contributed by atoms with Gasteiger partial charge in [-0.3, -0.25) is 0 Å². The zero-order chi connectivity index (χ0) is 9.56. The number of carbonyl (C=O) groups excluding carboxylic acids is 2. The maximum atomic E-state index is 10.5. The molecule has 0 spiro atoms. The minimum atomic E-state index is -0.826. The van der Waals surface area contributed by atoms with Gasteiger partial charge in [0.05, 0.1) is 5.92 Å². The first-order valence-electron chi connectivity index (χ1n) is 3.31. The van der Waals surface area contributed by atoms with Crippen molar-refractivity contribution in [1.82, 2.24) is 0 Å². The Morgan fingerprint density at radius 2 is 1.92 bits per heavy atom. The van der Waals surface area contributed by atoms with Crippen molar-refractivity contribution in [3.63, 3.8) is 0 Å². The van der Waals surface area contributed by atoms with E-state index in [0.717, 1.165) is 0 Å². The monoisotopic (exact) mass is 178 g/mol. The van der Waals surface area contributed by atoms with E-state index in [1.165, 1.54) is 6.92 Å². The van der Waals surface area contributed by atoms with Crippen LogP contribution in [0.25, 0.3) is 0 Å². The molecule has 70 valence electrons. The van der Waals surface area contributed by atoms with Crippen LogP contribution in [0.3, 0.4) is 0 Å². The van der Waals surface area contributed by atoms with Crippen molar-refractivity contribution in [3.8, 4) is 0 Å². The van der Waals surface area contributed by atoms with Gasteiger partial charge >= 0.3 is 11.9 Å². The van der Waals surface area contributed by atoms with E-state index in [-0.39, 0.29) is 12.8 Å². The fourth-order valence-corrected chi connectivity index (χ4v) is 0.588. The molecule has 0 saturated heterocycles. The number of hydrogen-bond acceptors (Lipinski definition) is 6. The molecule has 6 nitrogen and oxygen atoms in total. The molecule has 0 radical (unpaired) electrons. The summed E-state index contributed by atoms with van der Waals surface area (Å²) >= 11 is 0. The molecule has 12 heavy (non-hydrogen) atoms. The van der Waals surface area contributed by atoms with Crippen LogP contribution in [0.4, 0.5) is 0 Å². The van der Waals surface area contributed by atoms with E-state index in [9.17, 15) is 9.59 Å². The lowest BCUT2D eigenvalue weighted by atomic mass is 10.1. The van der Waals surface area contributed by atoms with E-state index in [2.05, 4.69) is 9.78 Å². The largest absolute Gasteiger partial charge is 0.344 e. The van der Waals surface area contributed by atoms with Crippen molar-refractivity contribution in [2.75, 3.05) is 0 Å². The van der Waals surface area contributed by atoms with E-state index in [4.69, 9.17) is 10.5 Å². The summed E-state index contributed by atoms with van der Waals surface area (Å²) in [4.78, 5) is 27.7. The SMILES string of the molecule is CC(CCC(=O)OO)C(=O)OO. The van der Waals surface area contributed by atoms with Crippen LogP contribution in [-0.4, -0.2) is 22.5 Å². The van der Waals surface area contributed by atoms with E-state index in [0.29, 0.717) is 0 Å². The van der Waals surface area contributed by atoms with Gasteiger partial charge in [0.15, 0.2) is 0 Å². The third-order valence-electron chi connectivity index (χ3n) is 1.38. The molecule has 0 fully saturated rings. The lowest BCUT2D eigenvalue weighted by Gasteiger charge is -2.04. The highest BCUT2D eigenvalue weighted by atomic mass is 17.1. The van der Waals surface area contributed by atoms with Crippen molar-refractivity contribution in [1.29, 1.82) is 0 Å². The topological polar surface area (TPSA) is 93.1 Å². The zero-order valence-electron chi connectivity index (χ0n) is 6.52. The summed E-state index contributed by atoms with van der Waals surface area (Å²) in [5, 5.41) is 15.7. The molecule has 0 rings (SSSR count). The average Bonchev–Trinajstić information content (AvgIpc) is 2.11. The molecule has 0 aromatic heterocycles. The summed E-state index contributed by atoms with van der Waals surface area (Å²) in [6.45, 7) is 1.48. The molecule has 0 aliphatic heterocycles. The molecule has 0 aromatic carbocycles. The van der Waals surface area contributed by atoms with Gasteiger partial charge in [-0.2, -0.15) is 10.5 Å². The number of rotatable bonds is 4. The van der Waals surface area contributed by atoms with Crippen molar-refractivity contribution >= 4 is 11.9 Å². The van der Waals surface area contributed by atoms with Gasteiger partial charge in [-0.15, -0.1) is 0 Å². The highest BCUT2D eigenvalue weighted by Gasteiger charge is 2.16. The first-order valence-corrected chi connectivity index (χ1v) is 3.31.